The summed E-state index contributed by atoms with van der Waals surface area (Å²) >= 11 is 0. The molecule has 0 radical (unpaired) electrons. The van der Waals surface area contributed by atoms with Crippen molar-refractivity contribution < 1.29 is 4.74 Å². The standard InChI is InChI=1S/C18H18O/c1-3-8-17(16-10-5-4-6-11-16)14-19-18-12-7-9-15(2)13-18/h3-7,9-14H,1,8H2,2H3/b17-14+. The maximum atomic E-state index is 5.75. The van der Waals surface area contributed by atoms with E-state index in [4.69, 9.17) is 4.74 Å². The van der Waals surface area contributed by atoms with E-state index in [0.29, 0.717) is 0 Å². The van der Waals surface area contributed by atoms with Crippen molar-refractivity contribution in [1.29, 1.82) is 0 Å². The van der Waals surface area contributed by atoms with Gasteiger partial charge in [-0.2, -0.15) is 0 Å². The Bertz CT molecular complexity index is 567. The Kier molecular flexibility index (Phi) is 4.57. The van der Waals surface area contributed by atoms with Crippen molar-refractivity contribution in [3.63, 3.8) is 0 Å². The van der Waals surface area contributed by atoms with Gasteiger partial charge in [0.1, 0.15) is 5.75 Å². The van der Waals surface area contributed by atoms with E-state index in [1.807, 2.05) is 48.7 Å². The minimum Gasteiger partial charge on any atom is -0.465 e. The van der Waals surface area contributed by atoms with Gasteiger partial charge in [-0.1, -0.05) is 48.5 Å². The second-order valence-corrected chi connectivity index (χ2v) is 4.44. The molecule has 0 aliphatic heterocycles. The minimum atomic E-state index is 0.788. The first-order valence-corrected chi connectivity index (χ1v) is 6.38. The lowest BCUT2D eigenvalue weighted by Gasteiger charge is -2.07. The molecule has 0 aliphatic carbocycles. The second kappa shape index (κ2) is 6.60. The smallest absolute Gasteiger partial charge is 0.126 e. The van der Waals surface area contributed by atoms with Crippen molar-refractivity contribution in [3.8, 4) is 5.75 Å². The molecule has 1 heteroatoms. The van der Waals surface area contributed by atoms with Crippen LogP contribution in [0.1, 0.15) is 17.5 Å². The first-order valence-electron chi connectivity index (χ1n) is 6.38. The van der Waals surface area contributed by atoms with Gasteiger partial charge in [-0.3, -0.25) is 0 Å². The fourth-order valence-electron chi connectivity index (χ4n) is 1.87. The van der Waals surface area contributed by atoms with Crippen LogP contribution in [0.5, 0.6) is 5.75 Å². The third kappa shape index (κ3) is 3.85. The number of allylic oxidation sites excluding steroid dienone is 2. The molecule has 0 bridgehead atoms. The summed E-state index contributed by atoms with van der Waals surface area (Å²) in [4.78, 5) is 0. The highest BCUT2D eigenvalue weighted by atomic mass is 16.5. The van der Waals surface area contributed by atoms with Gasteiger partial charge in [0, 0.05) is 0 Å². The zero-order valence-corrected chi connectivity index (χ0v) is 11.2. The first-order chi connectivity index (χ1) is 9.29. The predicted octanol–water partition coefficient (Wildman–Crippen LogP) is 4.99. The maximum Gasteiger partial charge on any atom is 0.126 e. The van der Waals surface area contributed by atoms with Crippen LogP contribution in [0.2, 0.25) is 0 Å². The monoisotopic (exact) mass is 250 g/mol. The van der Waals surface area contributed by atoms with Crippen LogP contribution >= 0.6 is 0 Å². The quantitative estimate of drug-likeness (QED) is 0.536. The highest BCUT2D eigenvalue weighted by Gasteiger charge is 2.00. The van der Waals surface area contributed by atoms with E-state index in [1.54, 1.807) is 0 Å². The Balaban J connectivity index is 2.20. The molecule has 19 heavy (non-hydrogen) atoms. The number of aryl methyl sites for hydroxylation is 1. The largest absolute Gasteiger partial charge is 0.465 e. The third-order valence-electron chi connectivity index (χ3n) is 2.84. The zero-order chi connectivity index (χ0) is 13.5. The van der Waals surface area contributed by atoms with Crippen molar-refractivity contribution in [2.24, 2.45) is 0 Å². The number of benzene rings is 2. The Labute approximate surface area is 114 Å². The van der Waals surface area contributed by atoms with Crippen LogP contribution < -0.4 is 4.74 Å². The van der Waals surface area contributed by atoms with Crippen molar-refractivity contribution >= 4 is 5.57 Å². The van der Waals surface area contributed by atoms with Gasteiger partial charge in [0.2, 0.25) is 0 Å². The number of ether oxygens (including phenoxy) is 1. The fraction of sp³-hybridized carbons (Fsp3) is 0.111. The van der Waals surface area contributed by atoms with E-state index in [0.717, 1.165) is 23.3 Å². The van der Waals surface area contributed by atoms with Crippen LogP contribution in [0.4, 0.5) is 0 Å². The lowest BCUT2D eigenvalue weighted by atomic mass is 10.0. The van der Waals surface area contributed by atoms with Crippen molar-refractivity contribution in [2.75, 3.05) is 0 Å². The van der Waals surface area contributed by atoms with Crippen LogP contribution in [0.25, 0.3) is 5.57 Å². The third-order valence-corrected chi connectivity index (χ3v) is 2.84. The molecule has 0 spiro atoms. The summed E-state index contributed by atoms with van der Waals surface area (Å²) in [5, 5.41) is 0. The van der Waals surface area contributed by atoms with Crippen molar-refractivity contribution in [2.45, 2.75) is 13.3 Å². The van der Waals surface area contributed by atoms with E-state index >= 15 is 0 Å². The normalized spacial score (nSPS) is 11.1. The molecule has 0 saturated heterocycles. The summed E-state index contributed by atoms with van der Waals surface area (Å²) in [6.07, 6.45) is 4.49. The average molecular weight is 250 g/mol. The summed E-state index contributed by atoms with van der Waals surface area (Å²) in [6.45, 7) is 5.85. The molecule has 0 atom stereocenters. The summed E-state index contributed by atoms with van der Waals surface area (Å²) < 4.78 is 5.75. The fourth-order valence-corrected chi connectivity index (χ4v) is 1.87. The molecule has 0 heterocycles. The van der Waals surface area contributed by atoms with Crippen LogP contribution in [0.3, 0.4) is 0 Å². The lowest BCUT2D eigenvalue weighted by molar-refractivity contribution is 0.482. The number of rotatable bonds is 5. The van der Waals surface area contributed by atoms with Gasteiger partial charge in [-0.25, -0.2) is 0 Å². The zero-order valence-electron chi connectivity index (χ0n) is 11.2. The summed E-state index contributed by atoms with van der Waals surface area (Å²) in [7, 11) is 0. The van der Waals surface area contributed by atoms with E-state index in [1.165, 1.54) is 5.56 Å². The maximum absolute atomic E-state index is 5.75. The molecule has 1 nitrogen and oxygen atoms in total. The predicted molar refractivity (Wildman–Crippen MR) is 81.0 cm³/mol. The average Bonchev–Trinajstić information content (AvgIpc) is 2.44. The number of hydrogen-bond donors (Lipinski definition) is 0. The van der Waals surface area contributed by atoms with Gasteiger partial charge in [-0.15, -0.1) is 6.58 Å². The summed E-state index contributed by atoms with van der Waals surface area (Å²) in [5.74, 6) is 0.859. The Hall–Kier alpha value is -2.28. The molecule has 0 aliphatic rings. The van der Waals surface area contributed by atoms with Gasteiger partial charge in [0.15, 0.2) is 0 Å². The SMILES string of the molecule is C=CC/C(=C\Oc1cccc(C)c1)c1ccccc1. The van der Waals surface area contributed by atoms with E-state index in [9.17, 15) is 0 Å². The first kappa shape index (κ1) is 13.2. The Morgan fingerprint density at radius 2 is 1.89 bits per heavy atom. The van der Waals surface area contributed by atoms with Crippen LogP contribution in [0, 0.1) is 6.92 Å². The van der Waals surface area contributed by atoms with Crippen LogP contribution in [-0.4, -0.2) is 0 Å². The Morgan fingerprint density at radius 1 is 1.11 bits per heavy atom. The molecule has 2 aromatic carbocycles. The summed E-state index contributed by atoms with van der Waals surface area (Å²) in [5.41, 5.74) is 3.48. The molecule has 0 amide bonds. The molecular weight excluding hydrogens is 232 g/mol. The molecule has 96 valence electrons. The molecule has 0 aromatic heterocycles. The van der Waals surface area contributed by atoms with E-state index in [2.05, 4.69) is 31.7 Å². The van der Waals surface area contributed by atoms with Gasteiger partial charge < -0.3 is 4.74 Å². The van der Waals surface area contributed by atoms with Gasteiger partial charge in [0.25, 0.3) is 0 Å². The molecule has 2 aromatic rings. The second-order valence-electron chi connectivity index (χ2n) is 4.44. The highest BCUT2D eigenvalue weighted by Crippen LogP contribution is 2.20. The topological polar surface area (TPSA) is 9.23 Å². The van der Waals surface area contributed by atoms with Crippen molar-refractivity contribution in [3.05, 3.63) is 84.6 Å². The Morgan fingerprint density at radius 3 is 2.58 bits per heavy atom. The van der Waals surface area contributed by atoms with E-state index < -0.39 is 0 Å². The minimum absolute atomic E-state index is 0.788. The number of hydrogen-bond acceptors (Lipinski definition) is 1. The molecular formula is C18H18O. The van der Waals surface area contributed by atoms with Crippen LogP contribution in [-0.2, 0) is 0 Å². The van der Waals surface area contributed by atoms with Crippen molar-refractivity contribution in [1.82, 2.24) is 0 Å². The molecule has 0 unspecified atom stereocenters. The highest BCUT2D eigenvalue weighted by molar-refractivity contribution is 5.65. The van der Waals surface area contributed by atoms with Crippen LogP contribution in [0.15, 0.2) is 73.5 Å². The van der Waals surface area contributed by atoms with E-state index in [-0.39, 0.29) is 0 Å². The van der Waals surface area contributed by atoms with Gasteiger partial charge in [-0.05, 0) is 42.2 Å². The molecule has 0 fully saturated rings. The molecule has 2 rings (SSSR count). The van der Waals surface area contributed by atoms with Gasteiger partial charge in [0.05, 0.1) is 6.26 Å². The molecule has 0 saturated carbocycles. The van der Waals surface area contributed by atoms with Gasteiger partial charge >= 0.3 is 0 Å². The molecule has 0 N–H and O–H groups in total. The summed E-state index contributed by atoms with van der Waals surface area (Å²) in [6, 6.07) is 18.2. The lowest BCUT2D eigenvalue weighted by Crippen LogP contribution is -1.89.